The van der Waals surface area contributed by atoms with Crippen molar-refractivity contribution in [2.75, 3.05) is 5.73 Å². The average Bonchev–Trinajstić information content (AvgIpc) is 2.13. The van der Waals surface area contributed by atoms with E-state index in [-0.39, 0.29) is 0 Å². The summed E-state index contributed by atoms with van der Waals surface area (Å²) in [4.78, 5) is 0. The van der Waals surface area contributed by atoms with Crippen LogP contribution < -0.4 is 11.2 Å². The molecule has 0 atom stereocenters. The van der Waals surface area contributed by atoms with Crippen LogP contribution in [0, 0.1) is 32.9 Å². The SMILES string of the molecule is Cc1c(C)c([NH2+][O-])c(C)c(C)c1N. The van der Waals surface area contributed by atoms with Gasteiger partial charge in [0.25, 0.3) is 0 Å². The Kier molecular flexibility index (Phi) is 2.59. The van der Waals surface area contributed by atoms with Gasteiger partial charge in [-0.2, -0.15) is 0 Å². The van der Waals surface area contributed by atoms with Gasteiger partial charge in [0, 0.05) is 16.8 Å². The van der Waals surface area contributed by atoms with Crippen molar-refractivity contribution in [3.8, 4) is 0 Å². The van der Waals surface area contributed by atoms with E-state index in [4.69, 9.17) is 5.73 Å². The second kappa shape index (κ2) is 3.36. The molecule has 4 N–H and O–H groups in total. The lowest BCUT2D eigenvalue weighted by molar-refractivity contribution is -0.498. The van der Waals surface area contributed by atoms with Crippen LogP contribution in [-0.2, 0) is 0 Å². The molecule has 0 aliphatic carbocycles. The predicted molar refractivity (Wildman–Crippen MR) is 54.8 cm³/mol. The van der Waals surface area contributed by atoms with E-state index in [1.807, 2.05) is 27.7 Å². The van der Waals surface area contributed by atoms with Gasteiger partial charge in [0.2, 0.25) is 0 Å². The van der Waals surface area contributed by atoms with Crippen molar-refractivity contribution < 1.29 is 5.48 Å². The van der Waals surface area contributed by atoms with Crippen LogP contribution in [0.25, 0.3) is 0 Å². The summed E-state index contributed by atoms with van der Waals surface area (Å²) in [5.41, 5.74) is 12.4. The molecule has 0 spiro atoms. The number of hydrogen-bond acceptors (Lipinski definition) is 2. The molecule has 3 nitrogen and oxygen atoms in total. The monoisotopic (exact) mass is 180 g/mol. The van der Waals surface area contributed by atoms with E-state index in [1.165, 1.54) is 0 Å². The zero-order chi connectivity index (χ0) is 10.2. The van der Waals surface area contributed by atoms with E-state index >= 15 is 0 Å². The lowest BCUT2D eigenvalue weighted by Gasteiger charge is -2.16. The van der Waals surface area contributed by atoms with Crippen LogP contribution in [0.2, 0.25) is 0 Å². The van der Waals surface area contributed by atoms with Gasteiger partial charge < -0.3 is 16.4 Å². The number of rotatable bonds is 1. The summed E-state index contributed by atoms with van der Waals surface area (Å²) in [6.07, 6.45) is 0. The van der Waals surface area contributed by atoms with Gasteiger partial charge in [-0.05, 0) is 38.8 Å². The van der Waals surface area contributed by atoms with E-state index in [1.54, 1.807) is 0 Å². The number of anilines is 1. The van der Waals surface area contributed by atoms with Crippen molar-refractivity contribution in [1.82, 2.24) is 0 Å². The third-order valence-corrected chi connectivity index (χ3v) is 2.86. The lowest BCUT2D eigenvalue weighted by atomic mass is 9.96. The highest BCUT2D eigenvalue weighted by Gasteiger charge is 2.13. The van der Waals surface area contributed by atoms with Crippen molar-refractivity contribution in [3.05, 3.63) is 27.5 Å². The molecule has 1 rings (SSSR count). The first-order valence-corrected chi connectivity index (χ1v) is 4.31. The molecule has 0 fully saturated rings. The van der Waals surface area contributed by atoms with E-state index in [2.05, 4.69) is 0 Å². The van der Waals surface area contributed by atoms with Crippen LogP contribution in [0.15, 0.2) is 0 Å². The van der Waals surface area contributed by atoms with Crippen LogP contribution in [-0.4, -0.2) is 0 Å². The minimum absolute atomic E-state index is 0.782. The summed E-state index contributed by atoms with van der Waals surface area (Å²) >= 11 is 0. The standard InChI is InChI=1S/C10H16N2O/c1-5-7(3)10(12-13)8(4)6(2)9(5)11/h11-12H2,1-4H3. The minimum Gasteiger partial charge on any atom is -0.630 e. The van der Waals surface area contributed by atoms with Crippen LogP contribution in [0.4, 0.5) is 11.4 Å². The summed E-state index contributed by atoms with van der Waals surface area (Å²) in [7, 11) is 0. The number of nitrogen functional groups attached to an aromatic ring is 1. The second-order valence-corrected chi connectivity index (χ2v) is 3.45. The molecule has 0 saturated carbocycles. The summed E-state index contributed by atoms with van der Waals surface area (Å²) in [6, 6.07) is 0. The zero-order valence-electron chi connectivity index (χ0n) is 8.56. The fourth-order valence-corrected chi connectivity index (χ4v) is 1.55. The maximum Gasteiger partial charge on any atom is 0.136 e. The highest BCUT2D eigenvalue weighted by Crippen LogP contribution is 2.29. The molecular weight excluding hydrogens is 164 g/mol. The second-order valence-electron chi connectivity index (χ2n) is 3.45. The quantitative estimate of drug-likeness (QED) is 0.503. The molecule has 0 amide bonds. The Morgan fingerprint density at radius 3 is 1.62 bits per heavy atom. The summed E-state index contributed by atoms with van der Waals surface area (Å²) in [6.45, 7) is 7.76. The molecule has 0 aliphatic rings. The maximum atomic E-state index is 10.8. The molecule has 0 radical (unpaired) electrons. The first kappa shape index (κ1) is 10.0. The van der Waals surface area contributed by atoms with Gasteiger partial charge in [-0.3, -0.25) is 0 Å². The van der Waals surface area contributed by atoms with Gasteiger partial charge >= 0.3 is 0 Å². The van der Waals surface area contributed by atoms with Crippen LogP contribution in [0.5, 0.6) is 0 Å². The molecule has 3 heteroatoms. The Hall–Kier alpha value is -1.06. The summed E-state index contributed by atoms with van der Waals surface area (Å²) in [5, 5.41) is 10.8. The lowest BCUT2D eigenvalue weighted by Crippen LogP contribution is -2.71. The number of hydrogen-bond donors (Lipinski definition) is 2. The first-order valence-electron chi connectivity index (χ1n) is 4.31. The molecule has 1 aromatic rings. The van der Waals surface area contributed by atoms with E-state index in [0.717, 1.165) is 39.1 Å². The maximum absolute atomic E-state index is 10.8. The minimum atomic E-state index is 0.782. The number of nitrogens with two attached hydrogens (primary N) is 2. The third-order valence-electron chi connectivity index (χ3n) is 2.86. The highest BCUT2D eigenvalue weighted by molar-refractivity contribution is 5.66. The summed E-state index contributed by atoms with van der Waals surface area (Å²) < 4.78 is 0. The fourth-order valence-electron chi connectivity index (χ4n) is 1.55. The average molecular weight is 180 g/mol. The van der Waals surface area contributed by atoms with Crippen molar-refractivity contribution in [2.45, 2.75) is 27.7 Å². The molecule has 0 saturated heterocycles. The van der Waals surface area contributed by atoms with Gasteiger partial charge in [0.05, 0.1) is 0 Å². The van der Waals surface area contributed by atoms with Crippen molar-refractivity contribution >= 4 is 11.4 Å². The highest BCUT2D eigenvalue weighted by atomic mass is 16.5. The first-order chi connectivity index (χ1) is 6.00. The van der Waals surface area contributed by atoms with Crippen LogP contribution >= 0.6 is 0 Å². The number of benzene rings is 1. The summed E-state index contributed by atoms with van der Waals surface area (Å²) in [5.74, 6) is 0. The van der Waals surface area contributed by atoms with E-state index in [0.29, 0.717) is 0 Å². The molecule has 1 aromatic carbocycles. The van der Waals surface area contributed by atoms with E-state index in [9.17, 15) is 5.21 Å². The van der Waals surface area contributed by atoms with Crippen molar-refractivity contribution in [3.63, 3.8) is 0 Å². The Morgan fingerprint density at radius 2 is 1.31 bits per heavy atom. The molecule has 0 aliphatic heterocycles. The molecule has 0 bridgehead atoms. The normalized spacial score (nSPS) is 10.5. The van der Waals surface area contributed by atoms with Gasteiger partial charge in [-0.15, -0.1) is 0 Å². The largest absolute Gasteiger partial charge is 0.630 e. The van der Waals surface area contributed by atoms with Crippen LogP contribution in [0.1, 0.15) is 22.3 Å². The van der Waals surface area contributed by atoms with Gasteiger partial charge in [0.15, 0.2) is 0 Å². The molecule has 13 heavy (non-hydrogen) atoms. The molecule has 0 heterocycles. The van der Waals surface area contributed by atoms with Gasteiger partial charge in [-0.25, -0.2) is 0 Å². The Balaban J connectivity index is 3.56. The Morgan fingerprint density at radius 1 is 0.923 bits per heavy atom. The third kappa shape index (κ3) is 1.41. The predicted octanol–water partition coefficient (Wildman–Crippen LogP) is 1.20. The topological polar surface area (TPSA) is 65.7 Å². The number of quaternary nitrogens is 1. The van der Waals surface area contributed by atoms with Gasteiger partial charge in [-0.1, -0.05) is 0 Å². The van der Waals surface area contributed by atoms with E-state index < -0.39 is 0 Å². The Labute approximate surface area is 78.5 Å². The van der Waals surface area contributed by atoms with Crippen molar-refractivity contribution in [1.29, 1.82) is 0 Å². The zero-order valence-corrected chi connectivity index (χ0v) is 8.56. The molecule has 0 aromatic heterocycles. The molecule has 0 unspecified atom stereocenters. The van der Waals surface area contributed by atoms with Crippen LogP contribution in [0.3, 0.4) is 0 Å². The molecule has 72 valence electrons. The van der Waals surface area contributed by atoms with Crippen molar-refractivity contribution in [2.24, 2.45) is 0 Å². The smallest absolute Gasteiger partial charge is 0.136 e. The Bertz CT molecular complexity index is 316. The van der Waals surface area contributed by atoms with Gasteiger partial charge in [0.1, 0.15) is 5.69 Å². The fraction of sp³-hybridized carbons (Fsp3) is 0.400. The molecular formula is C10H16N2O.